The molecule has 1 aromatic rings. The first-order valence-electron chi connectivity index (χ1n) is 8.15. The molecule has 7 heteroatoms. The van der Waals surface area contributed by atoms with Crippen LogP contribution >= 0.6 is 0 Å². The van der Waals surface area contributed by atoms with E-state index in [1.807, 2.05) is 0 Å². The summed E-state index contributed by atoms with van der Waals surface area (Å²) < 4.78 is 10.9. The number of amides is 2. The Hall–Kier alpha value is -1.89. The number of rotatable bonds is 4. The van der Waals surface area contributed by atoms with Gasteiger partial charge < -0.3 is 19.1 Å². The van der Waals surface area contributed by atoms with Crippen molar-refractivity contribution in [1.29, 1.82) is 0 Å². The predicted octanol–water partition coefficient (Wildman–Crippen LogP) is 0.691. The van der Waals surface area contributed by atoms with Crippen molar-refractivity contribution >= 4 is 11.8 Å². The summed E-state index contributed by atoms with van der Waals surface area (Å²) in [4.78, 5) is 28.4. The molecule has 23 heavy (non-hydrogen) atoms. The minimum atomic E-state index is -0.414. The van der Waals surface area contributed by atoms with Crippen LogP contribution in [0.25, 0.3) is 0 Å². The van der Waals surface area contributed by atoms with Crippen LogP contribution in [-0.4, -0.2) is 65.7 Å². The number of fused-ring (bicyclic) bond motifs is 1. The molecule has 7 nitrogen and oxygen atoms in total. The van der Waals surface area contributed by atoms with Crippen LogP contribution < -0.4 is 0 Å². The van der Waals surface area contributed by atoms with Gasteiger partial charge in [0.1, 0.15) is 11.9 Å². The zero-order valence-corrected chi connectivity index (χ0v) is 13.4. The van der Waals surface area contributed by atoms with Gasteiger partial charge in [-0.3, -0.25) is 9.59 Å². The molecule has 1 aliphatic carbocycles. The molecular formula is C16H21N3O4. The van der Waals surface area contributed by atoms with E-state index in [2.05, 4.69) is 5.16 Å². The smallest absolute Gasteiger partial charge is 0.276 e. The Labute approximate surface area is 134 Å². The molecule has 1 aromatic heterocycles. The van der Waals surface area contributed by atoms with E-state index in [-0.39, 0.29) is 23.8 Å². The quantitative estimate of drug-likeness (QED) is 0.816. The molecule has 3 heterocycles. The molecule has 3 atom stereocenters. The van der Waals surface area contributed by atoms with Crippen LogP contribution in [0.1, 0.15) is 29.1 Å². The molecule has 0 N–H and O–H groups in total. The molecule has 2 saturated heterocycles. The van der Waals surface area contributed by atoms with Crippen LogP contribution in [0.3, 0.4) is 0 Å². The molecule has 0 spiro atoms. The zero-order valence-electron chi connectivity index (χ0n) is 13.4. The summed E-state index contributed by atoms with van der Waals surface area (Å²) in [7, 11) is 1.80. The lowest BCUT2D eigenvalue weighted by Crippen LogP contribution is -2.39. The number of ether oxygens (including phenoxy) is 1. The molecule has 124 valence electrons. The second-order valence-electron chi connectivity index (χ2n) is 6.91. The third-order valence-corrected chi connectivity index (χ3v) is 5.15. The first-order chi connectivity index (χ1) is 11.0. The first kappa shape index (κ1) is 14.7. The van der Waals surface area contributed by atoms with Crippen molar-refractivity contribution in [1.82, 2.24) is 15.0 Å². The van der Waals surface area contributed by atoms with Crippen LogP contribution in [-0.2, 0) is 9.53 Å². The number of likely N-dealkylation sites (tertiary alicyclic amines) is 2. The molecule has 0 bridgehead atoms. The van der Waals surface area contributed by atoms with Crippen molar-refractivity contribution in [3.05, 3.63) is 17.5 Å². The van der Waals surface area contributed by atoms with Crippen molar-refractivity contribution in [3.63, 3.8) is 0 Å². The summed E-state index contributed by atoms with van der Waals surface area (Å²) in [5, 5.41) is 3.80. The van der Waals surface area contributed by atoms with Gasteiger partial charge in [0.25, 0.3) is 11.8 Å². The zero-order chi connectivity index (χ0) is 16.1. The van der Waals surface area contributed by atoms with Crippen molar-refractivity contribution in [2.24, 2.45) is 11.8 Å². The summed E-state index contributed by atoms with van der Waals surface area (Å²) >= 11 is 0. The Kier molecular flexibility index (Phi) is 3.41. The highest BCUT2D eigenvalue weighted by molar-refractivity contribution is 5.93. The first-order valence-corrected chi connectivity index (χ1v) is 8.15. The van der Waals surface area contributed by atoms with E-state index in [1.165, 1.54) is 12.8 Å². The van der Waals surface area contributed by atoms with E-state index in [9.17, 15) is 9.59 Å². The highest BCUT2D eigenvalue weighted by atomic mass is 16.5. The van der Waals surface area contributed by atoms with Gasteiger partial charge in [0, 0.05) is 32.1 Å². The maximum atomic E-state index is 12.5. The third kappa shape index (κ3) is 2.52. The molecule has 0 aromatic carbocycles. The number of aryl methyl sites for hydroxylation is 1. The SMILES string of the molecule is Cc1cc(C(=O)N2C[C@@H]3[C@H](OCC4CC4)C(=O)N(C)[C@@H]3C2)no1. The minimum absolute atomic E-state index is 0.0312. The molecule has 2 amide bonds. The molecule has 3 fully saturated rings. The minimum Gasteiger partial charge on any atom is -0.368 e. The number of carbonyl (C=O) groups is 2. The van der Waals surface area contributed by atoms with Gasteiger partial charge >= 0.3 is 0 Å². The van der Waals surface area contributed by atoms with Gasteiger partial charge in [-0.25, -0.2) is 0 Å². The van der Waals surface area contributed by atoms with Crippen LogP contribution in [0, 0.1) is 18.8 Å². The topological polar surface area (TPSA) is 75.9 Å². The van der Waals surface area contributed by atoms with E-state index in [4.69, 9.17) is 9.26 Å². The monoisotopic (exact) mass is 319 g/mol. The normalized spacial score (nSPS) is 30.2. The van der Waals surface area contributed by atoms with Gasteiger partial charge in [-0.2, -0.15) is 0 Å². The largest absolute Gasteiger partial charge is 0.368 e. The number of carbonyl (C=O) groups excluding carboxylic acids is 2. The lowest BCUT2D eigenvalue weighted by atomic mass is 10.0. The summed E-state index contributed by atoms with van der Waals surface area (Å²) in [5.41, 5.74) is 0.326. The fraction of sp³-hybridized carbons (Fsp3) is 0.688. The Bertz CT molecular complexity index is 639. The average molecular weight is 319 g/mol. The van der Waals surface area contributed by atoms with Gasteiger partial charge in [0.15, 0.2) is 5.69 Å². The Morgan fingerprint density at radius 2 is 2.22 bits per heavy atom. The van der Waals surface area contributed by atoms with E-state index in [1.54, 1.807) is 29.8 Å². The maximum Gasteiger partial charge on any atom is 0.276 e. The Morgan fingerprint density at radius 1 is 1.43 bits per heavy atom. The van der Waals surface area contributed by atoms with Gasteiger partial charge in [-0.05, 0) is 25.7 Å². The van der Waals surface area contributed by atoms with Crippen LogP contribution in [0.2, 0.25) is 0 Å². The second-order valence-corrected chi connectivity index (χ2v) is 6.91. The number of aromatic nitrogens is 1. The highest BCUT2D eigenvalue weighted by Crippen LogP contribution is 2.36. The summed E-state index contributed by atoms with van der Waals surface area (Å²) in [6.07, 6.45) is 1.98. The molecular weight excluding hydrogens is 298 g/mol. The fourth-order valence-electron chi connectivity index (χ4n) is 3.58. The van der Waals surface area contributed by atoms with Crippen LogP contribution in [0.15, 0.2) is 10.6 Å². The van der Waals surface area contributed by atoms with Crippen LogP contribution in [0.4, 0.5) is 0 Å². The van der Waals surface area contributed by atoms with Gasteiger partial charge in [-0.1, -0.05) is 5.16 Å². The summed E-state index contributed by atoms with van der Waals surface area (Å²) in [6.45, 7) is 3.47. The lowest BCUT2D eigenvalue weighted by molar-refractivity contribution is -0.138. The van der Waals surface area contributed by atoms with E-state index in [0.717, 1.165) is 0 Å². The molecule has 4 rings (SSSR count). The fourth-order valence-corrected chi connectivity index (χ4v) is 3.58. The highest BCUT2D eigenvalue weighted by Gasteiger charge is 2.53. The van der Waals surface area contributed by atoms with Gasteiger partial charge in [-0.15, -0.1) is 0 Å². The number of hydrogen-bond donors (Lipinski definition) is 0. The Morgan fingerprint density at radius 3 is 2.87 bits per heavy atom. The van der Waals surface area contributed by atoms with E-state index in [0.29, 0.717) is 37.1 Å². The third-order valence-electron chi connectivity index (χ3n) is 5.15. The van der Waals surface area contributed by atoms with Crippen molar-refractivity contribution in [2.45, 2.75) is 31.9 Å². The molecule has 0 unspecified atom stereocenters. The van der Waals surface area contributed by atoms with Gasteiger partial charge in [0.2, 0.25) is 0 Å². The van der Waals surface area contributed by atoms with Gasteiger partial charge in [0.05, 0.1) is 12.6 Å². The Balaban J connectivity index is 1.46. The average Bonchev–Trinajstić information content (AvgIpc) is 3.01. The molecule has 2 aliphatic heterocycles. The summed E-state index contributed by atoms with van der Waals surface area (Å²) in [5.74, 6) is 1.18. The molecule has 1 saturated carbocycles. The van der Waals surface area contributed by atoms with Crippen molar-refractivity contribution < 1.29 is 18.8 Å². The number of likely N-dealkylation sites (N-methyl/N-ethyl adjacent to an activating group) is 1. The standard InChI is InChI=1S/C16H21N3O4/c1-9-5-12(17-23-9)15(20)19-6-11-13(7-19)18(2)16(21)14(11)22-8-10-3-4-10/h5,10-11,13-14H,3-4,6-8H2,1-2H3/t11-,13+,14-/m0/s1. The van der Waals surface area contributed by atoms with Crippen molar-refractivity contribution in [2.75, 3.05) is 26.7 Å². The second kappa shape index (κ2) is 5.33. The number of hydrogen-bond acceptors (Lipinski definition) is 5. The molecule has 0 radical (unpaired) electrons. The lowest BCUT2D eigenvalue weighted by Gasteiger charge is -2.21. The predicted molar refractivity (Wildman–Crippen MR) is 79.7 cm³/mol. The number of nitrogens with zero attached hydrogens (tertiary/aromatic N) is 3. The maximum absolute atomic E-state index is 12.5. The van der Waals surface area contributed by atoms with E-state index >= 15 is 0 Å². The summed E-state index contributed by atoms with van der Waals surface area (Å²) in [6, 6.07) is 1.68. The van der Waals surface area contributed by atoms with Crippen molar-refractivity contribution in [3.8, 4) is 0 Å². The molecule has 3 aliphatic rings. The van der Waals surface area contributed by atoms with E-state index < -0.39 is 6.10 Å². The van der Waals surface area contributed by atoms with Crippen LogP contribution in [0.5, 0.6) is 0 Å².